The Bertz CT molecular complexity index is 2580. The van der Waals surface area contributed by atoms with Crippen molar-refractivity contribution in [3.8, 4) is 0 Å². The molecule has 6 atom stereocenters. The minimum Gasteiger partial charge on any atom is -0.277 e. The van der Waals surface area contributed by atoms with Crippen molar-refractivity contribution in [2.24, 2.45) is 0 Å². The summed E-state index contributed by atoms with van der Waals surface area (Å²) >= 11 is 0. The Balaban J connectivity index is -0.000000207. The van der Waals surface area contributed by atoms with Gasteiger partial charge in [0.05, 0.1) is 0 Å². The van der Waals surface area contributed by atoms with E-state index in [1.54, 1.807) is 14.1 Å². The Morgan fingerprint density at radius 1 is 0.271 bits per heavy atom. The molecule has 0 N–H and O–H groups in total. The number of amides is 4. The number of aryl methyl sites for hydroxylation is 4. The highest BCUT2D eigenvalue weighted by atomic mass is 127. The Kier molecular flexibility index (Phi) is 50.4. The van der Waals surface area contributed by atoms with E-state index in [2.05, 4.69) is 52.0 Å². The number of hydrogen-bond donors (Lipinski definition) is 0. The number of carbonyl (C=O) groups excluding carboxylic acids is 4. The zero-order chi connectivity index (χ0) is 43.8. The van der Waals surface area contributed by atoms with E-state index in [4.69, 9.17) is 0 Å². The van der Waals surface area contributed by atoms with Crippen LogP contribution in [0.4, 0.5) is 0 Å². The van der Waals surface area contributed by atoms with Crippen LogP contribution in [-0.4, -0.2) is 47.5 Å². The van der Waals surface area contributed by atoms with Crippen LogP contribution in [0.1, 0.15) is 147 Å². The molecule has 18 heteroatoms. The SMILES string of the molecule is CC.CC.CC.CC.CC.CC.Cc1cc2c3c(cc(C)c4c5ccc6c7c(C)cc8c9c(cc(C)c(c%10ccc(c1c34)c5c%106)c97)C(=O)N(C)C8=O)C(=O)N(C)C2=O.I.I.I.I.I.I.P.P.P.P.P.P. The van der Waals surface area contributed by atoms with E-state index in [-0.39, 0.29) is 227 Å². The summed E-state index contributed by atoms with van der Waals surface area (Å²) in [5.74, 6) is -1.10. The van der Waals surface area contributed by atoms with Gasteiger partial charge in [0, 0.05) is 47.1 Å². The van der Waals surface area contributed by atoms with Crippen LogP contribution in [0.5, 0.6) is 0 Å². The largest absolute Gasteiger partial charge is 0.277 e. The van der Waals surface area contributed by atoms with Gasteiger partial charge in [0.25, 0.3) is 23.6 Å². The number of fused-ring (bicyclic) bond motifs is 4. The molecule has 10 rings (SSSR count). The summed E-state index contributed by atoms with van der Waals surface area (Å²) in [5, 5.41) is 14.3. The van der Waals surface area contributed by atoms with Gasteiger partial charge in [-0.2, -0.15) is 59.4 Å². The Morgan fingerprint density at radius 3 is 0.586 bits per heavy atom. The third-order valence-electron chi connectivity index (χ3n) is 11.0. The second-order valence-electron chi connectivity index (χ2n) is 13.4. The lowest BCUT2D eigenvalue weighted by atomic mass is 9.78. The average molecular weight is 1750 g/mol. The molecule has 0 spiro atoms. The van der Waals surface area contributed by atoms with Gasteiger partial charge in [0.2, 0.25) is 0 Å². The van der Waals surface area contributed by atoms with Gasteiger partial charge in [-0.3, -0.25) is 29.0 Å². The van der Waals surface area contributed by atoms with Crippen molar-refractivity contribution >= 4 is 302 Å². The van der Waals surface area contributed by atoms with Crippen LogP contribution < -0.4 is 0 Å². The van der Waals surface area contributed by atoms with Gasteiger partial charge in [0.1, 0.15) is 0 Å². The third kappa shape index (κ3) is 14.1. The van der Waals surface area contributed by atoms with Crippen molar-refractivity contribution in [3.63, 3.8) is 0 Å². The first-order valence-corrected chi connectivity index (χ1v) is 21.5. The minimum atomic E-state index is -0.274. The highest BCUT2D eigenvalue weighted by Gasteiger charge is 2.36. The lowest BCUT2D eigenvalue weighted by Crippen LogP contribution is -2.37. The van der Waals surface area contributed by atoms with Crippen molar-refractivity contribution < 1.29 is 19.2 Å². The summed E-state index contributed by atoms with van der Waals surface area (Å²) in [6.07, 6.45) is 0. The first-order chi connectivity index (χ1) is 28.0. The number of nitrogens with zero attached hydrogens (tertiary/aromatic N) is 2. The van der Waals surface area contributed by atoms with E-state index in [1.165, 1.54) is 9.80 Å². The molecule has 6 nitrogen and oxygen atoms in total. The summed E-state index contributed by atoms with van der Waals surface area (Å²) in [7, 11) is 3.10. The van der Waals surface area contributed by atoms with Gasteiger partial charge >= 0.3 is 0 Å². The van der Waals surface area contributed by atoms with E-state index >= 15 is 0 Å². The smallest absolute Gasteiger partial charge is 0.261 e. The standard InChI is InChI=1S/C40H26N2O4.6C2H6.6HI.6H3P/c1-15-11-23-33-24(38(44)41(5)37(23)43)12-16(2)28-20-9-10-22-30-18(4)14-26-34-25(39(45)42(6)40(26)46)13-17(3)29(36(30)34)21-8-7-19(27(15)35(28)33)31(20)32(21)22;6*1-2;;;;;;;;;;;;/h7-14H,1-6H3;6*1-2H3;6*1H;6*1H3. The van der Waals surface area contributed by atoms with Gasteiger partial charge in [-0.1, -0.05) is 107 Å². The first-order valence-electron chi connectivity index (χ1n) is 21.5. The highest BCUT2D eigenvalue weighted by Crippen LogP contribution is 2.52. The molecule has 0 radical (unpaired) electrons. The number of carbonyl (C=O) groups is 4. The fourth-order valence-corrected chi connectivity index (χ4v) is 9.11. The topological polar surface area (TPSA) is 74.8 Å². The molecule has 0 saturated carbocycles. The Hall–Kier alpha value is 1.34. The molecule has 0 aromatic heterocycles. The normalized spacial score (nSPS) is 10.5. The van der Waals surface area contributed by atoms with Crippen molar-refractivity contribution in [2.75, 3.05) is 14.1 Å². The van der Waals surface area contributed by atoms with Crippen LogP contribution in [0.15, 0.2) is 48.5 Å². The first kappa shape index (κ1) is 90.8. The average Bonchev–Trinajstić information content (AvgIpc) is 3.27. The predicted octanol–water partition coefficient (Wildman–Crippen LogP) is 18.5. The third-order valence-corrected chi connectivity index (χ3v) is 11.0. The van der Waals surface area contributed by atoms with Gasteiger partial charge in [-0.25, -0.2) is 0 Å². The van der Waals surface area contributed by atoms with E-state index < -0.39 is 0 Å². The molecule has 70 heavy (non-hydrogen) atoms. The molecule has 0 aliphatic carbocycles. The molecule has 400 valence electrons. The fraction of sp³-hybridized carbons (Fsp3) is 0.346. The summed E-state index contributed by atoms with van der Waals surface area (Å²) in [6.45, 7) is 32.2. The molecule has 4 amide bonds. The maximum absolute atomic E-state index is 13.4. The maximum Gasteiger partial charge on any atom is 0.261 e. The van der Waals surface area contributed by atoms with Crippen LogP contribution in [0.3, 0.4) is 0 Å². The van der Waals surface area contributed by atoms with E-state index in [0.29, 0.717) is 22.3 Å². The molecule has 0 fully saturated rings. The second kappa shape index (κ2) is 38.8. The summed E-state index contributed by atoms with van der Waals surface area (Å²) in [4.78, 5) is 56.1. The number of benzene rings is 8. The van der Waals surface area contributed by atoms with Crippen molar-refractivity contribution in [1.29, 1.82) is 0 Å². The molecule has 6 unspecified atom stereocenters. The lowest BCUT2D eigenvalue weighted by Gasteiger charge is -2.29. The Labute approximate surface area is 542 Å². The van der Waals surface area contributed by atoms with Gasteiger partial charge in [-0.15, -0.1) is 144 Å². The van der Waals surface area contributed by atoms with Gasteiger partial charge in [-0.05, 0) is 139 Å². The molecule has 0 saturated heterocycles. The number of hydrogen-bond acceptors (Lipinski definition) is 4. The number of halogens is 6. The molecule has 8 aromatic carbocycles. The molecule has 8 aromatic rings. The molecule has 0 bridgehead atoms. The molecule has 2 heterocycles. The van der Waals surface area contributed by atoms with Gasteiger partial charge < -0.3 is 0 Å². The fourth-order valence-electron chi connectivity index (χ4n) is 9.11. The van der Waals surface area contributed by atoms with E-state index in [0.717, 1.165) is 97.7 Å². The van der Waals surface area contributed by atoms with Gasteiger partial charge in [0.15, 0.2) is 0 Å². The Morgan fingerprint density at radius 2 is 0.429 bits per heavy atom. The molecular formula is C52H86I6N2O4P6. The summed E-state index contributed by atoms with van der Waals surface area (Å²) < 4.78 is 0. The van der Waals surface area contributed by atoms with Crippen LogP contribution in [0.25, 0.3) is 75.4 Å². The van der Waals surface area contributed by atoms with Crippen molar-refractivity contribution in [3.05, 3.63) is 93.0 Å². The van der Waals surface area contributed by atoms with Crippen LogP contribution in [0, 0.1) is 27.7 Å². The highest BCUT2D eigenvalue weighted by molar-refractivity contribution is 14.0. The monoisotopic (exact) mass is 1750 g/mol. The number of imide groups is 2. The summed E-state index contributed by atoms with van der Waals surface area (Å²) in [5.41, 5.74) is 6.24. The quantitative estimate of drug-likeness (QED) is 0.0498. The van der Waals surface area contributed by atoms with Crippen LogP contribution >= 0.6 is 203 Å². The van der Waals surface area contributed by atoms with Crippen molar-refractivity contribution in [1.82, 2.24) is 9.80 Å². The predicted molar refractivity (Wildman–Crippen MR) is 410 cm³/mol. The lowest BCUT2D eigenvalue weighted by molar-refractivity contribution is 0.0635. The van der Waals surface area contributed by atoms with E-state index in [1.807, 2.05) is 107 Å². The maximum atomic E-state index is 13.4. The second-order valence-corrected chi connectivity index (χ2v) is 13.4. The van der Waals surface area contributed by atoms with E-state index in [9.17, 15) is 19.2 Å². The molecule has 2 aliphatic heterocycles. The molecule has 2 aliphatic rings. The number of rotatable bonds is 0. The van der Waals surface area contributed by atoms with Crippen molar-refractivity contribution in [2.45, 2.75) is 111 Å². The summed E-state index contributed by atoms with van der Waals surface area (Å²) in [6, 6.07) is 16.5. The zero-order valence-corrected chi connectivity index (χ0v) is 67.3. The minimum absolute atomic E-state index is 0. The zero-order valence-electron chi connectivity index (χ0n) is 44.8. The van der Waals surface area contributed by atoms with Crippen LogP contribution in [-0.2, 0) is 0 Å². The molecular weight excluding hydrogens is 1660 g/mol. The van der Waals surface area contributed by atoms with Crippen LogP contribution in [0.2, 0.25) is 0 Å².